The molecule has 0 saturated heterocycles. The smallest absolute Gasteiger partial charge is 0.123 e. The van der Waals surface area contributed by atoms with E-state index in [4.69, 9.17) is 16.3 Å². The topological polar surface area (TPSA) is 21.3 Å². The normalized spacial score (nSPS) is 16.1. The van der Waals surface area contributed by atoms with E-state index in [0.29, 0.717) is 6.04 Å². The standard InChI is InChI=1S/C14H20ClNO.ClH/c1-17-14-8-7-12(15)9-11(14)10-16-13-5-3-2-4-6-13;/h7-9,13,16H,2-6,10H2,1H3;1H. The van der Waals surface area contributed by atoms with Gasteiger partial charge in [-0.15, -0.1) is 12.4 Å². The molecule has 0 atom stereocenters. The Balaban J connectivity index is 0.00000162. The number of halogens is 2. The fraction of sp³-hybridized carbons (Fsp3) is 0.571. The molecule has 0 spiro atoms. The predicted octanol–water partition coefficient (Wildman–Crippen LogP) is 4.19. The van der Waals surface area contributed by atoms with Gasteiger partial charge in [0.15, 0.2) is 0 Å². The molecule has 0 unspecified atom stereocenters. The second-order valence-electron chi connectivity index (χ2n) is 4.67. The summed E-state index contributed by atoms with van der Waals surface area (Å²) in [6.07, 6.45) is 6.68. The third-order valence-corrected chi connectivity index (χ3v) is 3.66. The Morgan fingerprint density at radius 2 is 2.00 bits per heavy atom. The van der Waals surface area contributed by atoms with Crippen molar-refractivity contribution in [1.29, 1.82) is 0 Å². The van der Waals surface area contributed by atoms with Crippen molar-refractivity contribution < 1.29 is 4.74 Å². The summed E-state index contributed by atoms with van der Waals surface area (Å²) in [5.74, 6) is 0.915. The Morgan fingerprint density at radius 3 is 2.67 bits per heavy atom. The third-order valence-electron chi connectivity index (χ3n) is 3.43. The number of hydrogen-bond acceptors (Lipinski definition) is 2. The number of methoxy groups -OCH3 is 1. The zero-order valence-electron chi connectivity index (χ0n) is 10.7. The SMILES string of the molecule is COc1ccc(Cl)cc1CNC1CCCCC1.Cl. The molecule has 2 rings (SSSR count). The van der Waals surface area contributed by atoms with E-state index in [1.54, 1.807) is 7.11 Å². The first-order valence-corrected chi connectivity index (χ1v) is 6.73. The molecule has 1 N–H and O–H groups in total. The molecule has 1 aliphatic rings. The van der Waals surface area contributed by atoms with Crippen LogP contribution in [0, 0.1) is 0 Å². The van der Waals surface area contributed by atoms with Crippen LogP contribution in [-0.2, 0) is 6.54 Å². The molecule has 1 saturated carbocycles. The number of rotatable bonds is 4. The Bertz CT molecular complexity index is 365. The molecule has 0 radical (unpaired) electrons. The van der Waals surface area contributed by atoms with Crippen molar-refractivity contribution in [2.75, 3.05) is 7.11 Å². The lowest BCUT2D eigenvalue weighted by Gasteiger charge is -2.23. The fourth-order valence-corrected chi connectivity index (χ4v) is 2.64. The van der Waals surface area contributed by atoms with Gasteiger partial charge in [0.2, 0.25) is 0 Å². The highest BCUT2D eigenvalue weighted by atomic mass is 35.5. The van der Waals surface area contributed by atoms with Crippen molar-refractivity contribution in [1.82, 2.24) is 5.32 Å². The average Bonchev–Trinajstić information content (AvgIpc) is 2.38. The van der Waals surface area contributed by atoms with Gasteiger partial charge in [-0.05, 0) is 31.0 Å². The van der Waals surface area contributed by atoms with Gasteiger partial charge in [-0.3, -0.25) is 0 Å². The first-order valence-electron chi connectivity index (χ1n) is 6.35. The van der Waals surface area contributed by atoms with Gasteiger partial charge in [0.1, 0.15) is 5.75 Å². The zero-order valence-corrected chi connectivity index (χ0v) is 12.3. The first kappa shape index (κ1) is 15.6. The number of benzene rings is 1. The van der Waals surface area contributed by atoms with E-state index in [1.165, 1.54) is 32.1 Å². The lowest BCUT2D eigenvalue weighted by atomic mass is 9.95. The quantitative estimate of drug-likeness (QED) is 0.897. The van der Waals surface area contributed by atoms with Crippen LogP contribution in [-0.4, -0.2) is 13.2 Å². The molecule has 1 aromatic rings. The molecule has 0 heterocycles. The minimum atomic E-state index is 0. The average molecular weight is 290 g/mol. The predicted molar refractivity (Wildman–Crippen MR) is 79.0 cm³/mol. The van der Waals surface area contributed by atoms with Gasteiger partial charge in [0, 0.05) is 23.2 Å². The molecule has 0 bridgehead atoms. The summed E-state index contributed by atoms with van der Waals surface area (Å²) in [6, 6.07) is 6.44. The van der Waals surface area contributed by atoms with Crippen LogP contribution in [0.3, 0.4) is 0 Å². The summed E-state index contributed by atoms with van der Waals surface area (Å²) in [7, 11) is 1.70. The van der Waals surface area contributed by atoms with Crippen LogP contribution in [0.1, 0.15) is 37.7 Å². The highest BCUT2D eigenvalue weighted by molar-refractivity contribution is 6.30. The van der Waals surface area contributed by atoms with Crippen molar-refractivity contribution in [3.63, 3.8) is 0 Å². The summed E-state index contributed by atoms with van der Waals surface area (Å²) in [5.41, 5.74) is 1.14. The van der Waals surface area contributed by atoms with Crippen LogP contribution in [0.25, 0.3) is 0 Å². The summed E-state index contributed by atoms with van der Waals surface area (Å²) >= 11 is 6.01. The molecule has 0 aromatic heterocycles. The van der Waals surface area contributed by atoms with Gasteiger partial charge < -0.3 is 10.1 Å². The second-order valence-corrected chi connectivity index (χ2v) is 5.11. The highest BCUT2D eigenvalue weighted by Gasteiger charge is 2.13. The molecular formula is C14H21Cl2NO. The van der Waals surface area contributed by atoms with Crippen molar-refractivity contribution in [2.24, 2.45) is 0 Å². The molecule has 2 nitrogen and oxygen atoms in total. The maximum absolute atomic E-state index is 6.01. The van der Waals surface area contributed by atoms with Crippen molar-refractivity contribution in [3.8, 4) is 5.75 Å². The maximum Gasteiger partial charge on any atom is 0.123 e. The van der Waals surface area contributed by atoms with Crippen LogP contribution in [0.4, 0.5) is 0 Å². The van der Waals surface area contributed by atoms with E-state index in [2.05, 4.69) is 5.32 Å². The fourth-order valence-electron chi connectivity index (χ4n) is 2.45. The van der Waals surface area contributed by atoms with E-state index >= 15 is 0 Å². The van der Waals surface area contributed by atoms with E-state index < -0.39 is 0 Å². The van der Waals surface area contributed by atoms with Gasteiger partial charge in [0.05, 0.1) is 7.11 Å². The molecule has 1 aromatic carbocycles. The molecular weight excluding hydrogens is 269 g/mol. The van der Waals surface area contributed by atoms with Crippen LogP contribution in [0.5, 0.6) is 5.75 Å². The molecule has 0 amide bonds. The molecule has 0 aliphatic heterocycles. The lowest BCUT2D eigenvalue weighted by Crippen LogP contribution is -2.30. The van der Waals surface area contributed by atoms with Crippen molar-refractivity contribution >= 4 is 24.0 Å². The van der Waals surface area contributed by atoms with Crippen LogP contribution < -0.4 is 10.1 Å². The van der Waals surface area contributed by atoms with Gasteiger partial charge >= 0.3 is 0 Å². The monoisotopic (exact) mass is 289 g/mol. The minimum Gasteiger partial charge on any atom is -0.496 e. The molecule has 102 valence electrons. The molecule has 1 fully saturated rings. The van der Waals surface area contributed by atoms with Crippen LogP contribution >= 0.6 is 24.0 Å². The molecule has 4 heteroatoms. The largest absolute Gasteiger partial charge is 0.496 e. The van der Waals surface area contributed by atoms with Crippen LogP contribution in [0.15, 0.2) is 18.2 Å². The third kappa shape index (κ3) is 4.34. The maximum atomic E-state index is 6.01. The summed E-state index contributed by atoms with van der Waals surface area (Å²) in [5, 5.41) is 4.37. The Morgan fingerprint density at radius 1 is 1.28 bits per heavy atom. The highest BCUT2D eigenvalue weighted by Crippen LogP contribution is 2.23. The first-order chi connectivity index (χ1) is 8.29. The second kappa shape index (κ2) is 7.88. The van der Waals surface area contributed by atoms with E-state index in [0.717, 1.165) is 22.9 Å². The Kier molecular flexibility index (Phi) is 6.83. The summed E-state index contributed by atoms with van der Waals surface area (Å²) in [6.45, 7) is 0.842. The molecule has 1 aliphatic carbocycles. The number of ether oxygens (including phenoxy) is 1. The van der Waals surface area contributed by atoms with Crippen molar-refractivity contribution in [2.45, 2.75) is 44.7 Å². The van der Waals surface area contributed by atoms with Gasteiger partial charge in [-0.2, -0.15) is 0 Å². The molecule has 18 heavy (non-hydrogen) atoms. The van der Waals surface area contributed by atoms with Gasteiger partial charge in [-0.25, -0.2) is 0 Å². The van der Waals surface area contributed by atoms with Gasteiger partial charge in [0.25, 0.3) is 0 Å². The zero-order chi connectivity index (χ0) is 12.1. The van der Waals surface area contributed by atoms with Gasteiger partial charge in [-0.1, -0.05) is 30.9 Å². The summed E-state index contributed by atoms with van der Waals surface area (Å²) in [4.78, 5) is 0. The number of nitrogens with one attached hydrogen (secondary N) is 1. The summed E-state index contributed by atoms with van der Waals surface area (Å²) < 4.78 is 5.34. The van der Waals surface area contributed by atoms with E-state index in [9.17, 15) is 0 Å². The number of hydrogen-bond donors (Lipinski definition) is 1. The van der Waals surface area contributed by atoms with E-state index in [-0.39, 0.29) is 12.4 Å². The lowest BCUT2D eigenvalue weighted by molar-refractivity contribution is 0.365. The van der Waals surface area contributed by atoms with E-state index in [1.807, 2.05) is 18.2 Å². The van der Waals surface area contributed by atoms with Crippen LogP contribution in [0.2, 0.25) is 5.02 Å². The minimum absolute atomic E-state index is 0. The Hall–Kier alpha value is -0.440. The van der Waals surface area contributed by atoms with Crippen molar-refractivity contribution in [3.05, 3.63) is 28.8 Å². The Labute approximate surface area is 120 Å².